The molecule has 2 heteroatoms. The second kappa shape index (κ2) is 5.64. The summed E-state index contributed by atoms with van der Waals surface area (Å²) in [5.74, 6) is 0. The lowest BCUT2D eigenvalue weighted by molar-refractivity contribution is 0.00122. The lowest BCUT2D eigenvalue weighted by Crippen LogP contribution is -2.38. The van der Waals surface area contributed by atoms with Gasteiger partial charge in [-0.25, -0.2) is 0 Å². The van der Waals surface area contributed by atoms with E-state index in [4.69, 9.17) is 4.74 Å². The van der Waals surface area contributed by atoms with Crippen LogP contribution in [-0.2, 0) is 4.74 Å². The average Bonchev–Trinajstić information content (AvgIpc) is 2.83. The molecule has 2 fully saturated rings. The molecule has 0 amide bonds. The van der Waals surface area contributed by atoms with Crippen molar-refractivity contribution >= 4 is 0 Å². The molecule has 19 heavy (non-hydrogen) atoms. The number of hydrogen-bond donors (Lipinski definition) is 1. The zero-order valence-corrected chi connectivity index (χ0v) is 11.9. The lowest BCUT2D eigenvalue weighted by atomic mass is 9.87. The van der Waals surface area contributed by atoms with Crippen LogP contribution in [0, 0.1) is 5.41 Å². The van der Waals surface area contributed by atoms with Crippen molar-refractivity contribution in [3.05, 3.63) is 35.9 Å². The number of nitrogens with one attached hydrogen (secondary N) is 1. The molecule has 1 heterocycles. The summed E-state index contributed by atoms with van der Waals surface area (Å²) in [4.78, 5) is 0. The summed E-state index contributed by atoms with van der Waals surface area (Å²) in [7, 11) is 0. The molecule has 1 spiro atoms. The van der Waals surface area contributed by atoms with Crippen molar-refractivity contribution in [1.82, 2.24) is 5.32 Å². The largest absolute Gasteiger partial charge is 0.371 e. The third kappa shape index (κ3) is 2.70. The zero-order valence-electron chi connectivity index (χ0n) is 11.9. The highest BCUT2D eigenvalue weighted by Gasteiger charge is 2.39. The molecule has 1 saturated heterocycles. The van der Waals surface area contributed by atoms with E-state index < -0.39 is 0 Å². The number of hydrogen-bond acceptors (Lipinski definition) is 2. The van der Waals surface area contributed by atoms with E-state index >= 15 is 0 Å². The summed E-state index contributed by atoms with van der Waals surface area (Å²) < 4.78 is 6.37. The molecule has 0 radical (unpaired) electrons. The van der Waals surface area contributed by atoms with E-state index in [2.05, 4.69) is 42.6 Å². The van der Waals surface area contributed by atoms with Gasteiger partial charge in [0.1, 0.15) is 0 Å². The second-order valence-electron chi connectivity index (χ2n) is 6.25. The highest BCUT2D eigenvalue weighted by Crippen LogP contribution is 2.41. The lowest BCUT2D eigenvalue weighted by Gasteiger charge is -2.26. The third-order valence-electron chi connectivity index (χ3n) is 4.91. The number of ether oxygens (including phenoxy) is 1. The fourth-order valence-corrected chi connectivity index (χ4v) is 3.66. The Balaban J connectivity index is 1.79. The first kappa shape index (κ1) is 13.1. The van der Waals surface area contributed by atoms with Crippen molar-refractivity contribution in [2.24, 2.45) is 5.41 Å². The standard InChI is InChI=1S/C17H25NO/c1-2-15-16(14-8-4-3-5-9-14)19-13-17(12-18-15)10-6-7-11-17/h3-5,8-9,15-16,18H,2,6-7,10-13H2,1H3. The summed E-state index contributed by atoms with van der Waals surface area (Å²) in [6.45, 7) is 4.31. The Hall–Kier alpha value is -0.860. The van der Waals surface area contributed by atoms with Gasteiger partial charge in [-0.3, -0.25) is 0 Å². The predicted octanol–water partition coefficient (Wildman–Crippen LogP) is 3.69. The molecule has 104 valence electrons. The van der Waals surface area contributed by atoms with Gasteiger partial charge < -0.3 is 10.1 Å². The summed E-state index contributed by atoms with van der Waals surface area (Å²) in [5.41, 5.74) is 1.73. The third-order valence-corrected chi connectivity index (χ3v) is 4.91. The number of rotatable bonds is 2. The van der Waals surface area contributed by atoms with E-state index in [1.54, 1.807) is 0 Å². The first-order valence-corrected chi connectivity index (χ1v) is 7.73. The van der Waals surface area contributed by atoms with E-state index in [-0.39, 0.29) is 6.10 Å². The van der Waals surface area contributed by atoms with E-state index in [0.29, 0.717) is 11.5 Å². The molecule has 1 aliphatic heterocycles. The maximum atomic E-state index is 6.37. The maximum absolute atomic E-state index is 6.37. The van der Waals surface area contributed by atoms with Gasteiger partial charge in [-0.2, -0.15) is 0 Å². The van der Waals surface area contributed by atoms with E-state index in [9.17, 15) is 0 Å². The minimum absolute atomic E-state index is 0.214. The summed E-state index contributed by atoms with van der Waals surface area (Å²) in [5, 5.41) is 3.79. The normalized spacial score (nSPS) is 30.4. The monoisotopic (exact) mass is 259 g/mol. The van der Waals surface area contributed by atoms with Gasteiger partial charge in [-0.15, -0.1) is 0 Å². The predicted molar refractivity (Wildman–Crippen MR) is 78.1 cm³/mol. The quantitative estimate of drug-likeness (QED) is 0.874. The van der Waals surface area contributed by atoms with Crippen molar-refractivity contribution in [2.75, 3.05) is 13.2 Å². The fourth-order valence-electron chi connectivity index (χ4n) is 3.66. The Labute approximate surface area is 116 Å². The molecule has 2 atom stereocenters. The molecule has 0 bridgehead atoms. The first-order valence-electron chi connectivity index (χ1n) is 7.73. The molecule has 1 saturated carbocycles. The molecule has 1 aliphatic carbocycles. The Morgan fingerprint density at radius 3 is 2.63 bits per heavy atom. The Morgan fingerprint density at radius 1 is 1.21 bits per heavy atom. The molecule has 3 rings (SSSR count). The highest BCUT2D eigenvalue weighted by atomic mass is 16.5. The van der Waals surface area contributed by atoms with Crippen LogP contribution in [-0.4, -0.2) is 19.2 Å². The molecule has 2 nitrogen and oxygen atoms in total. The Kier molecular flexibility index (Phi) is 3.90. The average molecular weight is 259 g/mol. The van der Waals surface area contributed by atoms with Gasteiger partial charge in [0.25, 0.3) is 0 Å². The van der Waals surface area contributed by atoms with Crippen LogP contribution >= 0.6 is 0 Å². The molecular weight excluding hydrogens is 234 g/mol. The van der Waals surface area contributed by atoms with Gasteiger partial charge >= 0.3 is 0 Å². The minimum atomic E-state index is 0.214. The summed E-state index contributed by atoms with van der Waals surface area (Å²) in [6, 6.07) is 11.1. The molecule has 2 unspecified atom stereocenters. The Morgan fingerprint density at radius 2 is 1.95 bits per heavy atom. The maximum Gasteiger partial charge on any atom is 0.0977 e. The number of benzene rings is 1. The van der Waals surface area contributed by atoms with Crippen LogP contribution in [0.25, 0.3) is 0 Å². The SMILES string of the molecule is CCC1NCC2(CCCC2)COC1c1ccccc1. The minimum Gasteiger partial charge on any atom is -0.371 e. The molecule has 0 aromatic heterocycles. The van der Waals surface area contributed by atoms with Crippen molar-refractivity contribution < 1.29 is 4.74 Å². The van der Waals surface area contributed by atoms with Crippen molar-refractivity contribution in [2.45, 2.75) is 51.2 Å². The molecule has 1 aromatic rings. The van der Waals surface area contributed by atoms with Crippen LogP contribution in [0.3, 0.4) is 0 Å². The van der Waals surface area contributed by atoms with Crippen molar-refractivity contribution in [1.29, 1.82) is 0 Å². The molecular formula is C17H25NO. The topological polar surface area (TPSA) is 21.3 Å². The summed E-state index contributed by atoms with van der Waals surface area (Å²) >= 11 is 0. The van der Waals surface area contributed by atoms with Crippen LogP contribution in [0.1, 0.15) is 50.7 Å². The van der Waals surface area contributed by atoms with Gasteiger partial charge in [0.05, 0.1) is 12.7 Å². The van der Waals surface area contributed by atoms with Crippen LogP contribution in [0.15, 0.2) is 30.3 Å². The zero-order chi connectivity index (χ0) is 13.1. The molecule has 2 aliphatic rings. The van der Waals surface area contributed by atoms with Gasteiger partial charge in [0.15, 0.2) is 0 Å². The van der Waals surface area contributed by atoms with Gasteiger partial charge in [-0.05, 0) is 24.8 Å². The Bertz CT molecular complexity index is 397. The van der Waals surface area contributed by atoms with Crippen molar-refractivity contribution in [3.63, 3.8) is 0 Å². The van der Waals surface area contributed by atoms with Crippen LogP contribution in [0.2, 0.25) is 0 Å². The fraction of sp³-hybridized carbons (Fsp3) is 0.647. The molecule has 1 aromatic carbocycles. The van der Waals surface area contributed by atoms with E-state index in [1.165, 1.54) is 31.2 Å². The van der Waals surface area contributed by atoms with E-state index in [0.717, 1.165) is 19.6 Å². The highest BCUT2D eigenvalue weighted by molar-refractivity contribution is 5.19. The van der Waals surface area contributed by atoms with Crippen molar-refractivity contribution in [3.8, 4) is 0 Å². The smallest absolute Gasteiger partial charge is 0.0977 e. The first-order chi connectivity index (χ1) is 9.33. The van der Waals surface area contributed by atoms with Gasteiger partial charge in [0.2, 0.25) is 0 Å². The van der Waals surface area contributed by atoms with Crippen LogP contribution in [0.4, 0.5) is 0 Å². The van der Waals surface area contributed by atoms with Gasteiger partial charge in [0, 0.05) is 18.0 Å². The second-order valence-corrected chi connectivity index (χ2v) is 6.25. The van der Waals surface area contributed by atoms with Crippen LogP contribution in [0.5, 0.6) is 0 Å². The van der Waals surface area contributed by atoms with Crippen LogP contribution < -0.4 is 5.32 Å². The molecule has 1 N–H and O–H groups in total. The summed E-state index contributed by atoms with van der Waals surface area (Å²) in [6.07, 6.45) is 6.74. The van der Waals surface area contributed by atoms with Gasteiger partial charge in [-0.1, -0.05) is 50.1 Å². The van der Waals surface area contributed by atoms with E-state index in [1.807, 2.05) is 0 Å².